The molecule has 156 valence electrons. The quantitative estimate of drug-likeness (QED) is 0.823. The van der Waals surface area contributed by atoms with Crippen LogP contribution in [-0.4, -0.2) is 43.1 Å². The first-order valence-electron chi connectivity index (χ1n) is 10.7. The Balaban J connectivity index is 1.51. The number of fused-ring (bicyclic) bond motifs is 1. The van der Waals surface area contributed by atoms with Crippen LogP contribution in [0.2, 0.25) is 0 Å². The number of hydrogen-bond acceptors (Lipinski definition) is 5. The Morgan fingerprint density at radius 3 is 2.83 bits per heavy atom. The van der Waals surface area contributed by atoms with Crippen molar-refractivity contribution >= 4 is 11.9 Å². The van der Waals surface area contributed by atoms with Gasteiger partial charge >= 0.3 is 0 Å². The summed E-state index contributed by atoms with van der Waals surface area (Å²) in [6.45, 7) is 0.789. The number of benzene rings is 1. The SMILES string of the molecule is CN1C(=O)[C@@H]2C[C@H](C3CC3)OC[C@]2(c2cc(OCC3CCC3)ccc2F)N=C1N. The van der Waals surface area contributed by atoms with E-state index in [1.54, 1.807) is 19.2 Å². The van der Waals surface area contributed by atoms with Gasteiger partial charge in [0.2, 0.25) is 5.91 Å². The second kappa shape index (κ2) is 6.97. The molecule has 0 spiro atoms. The molecule has 5 rings (SSSR count). The molecule has 1 aromatic carbocycles. The summed E-state index contributed by atoms with van der Waals surface area (Å²) >= 11 is 0. The molecule has 2 saturated carbocycles. The summed E-state index contributed by atoms with van der Waals surface area (Å²) in [7, 11) is 1.63. The van der Waals surface area contributed by atoms with Gasteiger partial charge < -0.3 is 15.2 Å². The number of aliphatic imine (C=N–C) groups is 1. The number of nitrogens with zero attached hydrogens (tertiary/aromatic N) is 2. The minimum absolute atomic E-state index is 0.0288. The molecule has 7 heteroatoms. The lowest BCUT2D eigenvalue weighted by Gasteiger charge is -2.47. The molecule has 2 N–H and O–H groups in total. The van der Waals surface area contributed by atoms with E-state index >= 15 is 4.39 Å². The maximum Gasteiger partial charge on any atom is 0.235 e. The van der Waals surface area contributed by atoms with E-state index in [1.807, 2.05) is 0 Å². The van der Waals surface area contributed by atoms with Crippen LogP contribution >= 0.6 is 0 Å². The van der Waals surface area contributed by atoms with Gasteiger partial charge in [0, 0.05) is 12.6 Å². The summed E-state index contributed by atoms with van der Waals surface area (Å²) in [5, 5.41) is 0. The summed E-state index contributed by atoms with van der Waals surface area (Å²) in [4.78, 5) is 19.2. The Bertz CT molecular complexity index is 852. The Hall–Kier alpha value is -2.15. The van der Waals surface area contributed by atoms with Crippen molar-refractivity contribution in [3.05, 3.63) is 29.6 Å². The van der Waals surface area contributed by atoms with Gasteiger partial charge in [0.25, 0.3) is 0 Å². The lowest BCUT2D eigenvalue weighted by Crippen LogP contribution is -2.60. The largest absolute Gasteiger partial charge is 0.493 e. The fourth-order valence-corrected chi connectivity index (χ4v) is 4.79. The van der Waals surface area contributed by atoms with Crippen LogP contribution in [0, 0.1) is 23.6 Å². The molecular weight excluding hydrogens is 373 g/mol. The maximum absolute atomic E-state index is 15.1. The van der Waals surface area contributed by atoms with Crippen LogP contribution in [0.1, 0.15) is 44.1 Å². The summed E-state index contributed by atoms with van der Waals surface area (Å²) in [5.74, 6) is 0.753. The highest BCUT2D eigenvalue weighted by Gasteiger charge is 2.56. The molecular formula is C22H28FN3O3. The number of hydrogen-bond donors (Lipinski definition) is 1. The van der Waals surface area contributed by atoms with E-state index < -0.39 is 17.3 Å². The second-order valence-electron chi connectivity index (χ2n) is 9.02. The van der Waals surface area contributed by atoms with E-state index in [2.05, 4.69) is 4.99 Å². The van der Waals surface area contributed by atoms with Crippen molar-refractivity contribution in [2.45, 2.75) is 50.2 Å². The number of ether oxygens (including phenoxy) is 2. The minimum Gasteiger partial charge on any atom is -0.493 e. The van der Waals surface area contributed by atoms with E-state index in [0.29, 0.717) is 36.2 Å². The number of carbonyl (C=O) groups is 1. The summed E-state index contributed by atoms with van der Waals surface area (Å²) in [5.41, 5.74) is 5.26. The summed E-state index contributed by atoms with van der Waals surface area (Å²) in [6.07, 6.45) is 6.42. The van der Waals surface area contributed by atoms with Gasteiger partial charge in [-0.25, -0.2) is 9.38 Å². The molecule has 1 saturated heterocycles. The van der Waals surface area contributed by atoms with Crippen LogP contribution in [0.4, 0.5) is 4.39 Å². The van der Waals surface area contributed by atoms with Gasteiger partial charge in [0.15, 0.2) is 5.96 Å². The van der Waals surface area contributed by atoms with E-state index in [-0.39, 0.29) is 24.6 Å². The number of rotatable bonds is 5. The van der Waals surface area contributed by atoms with Crippen LogP contribution in [0.5, 0.6) is 5.75 Å². The van der Waals surface area contributed by atoms with Crippen LogP contribution in [0.15, 0.2) is 23.2 Å². The summed E-state index contributed by atoms with van der Waals surface area (Å²) in [6, 6.07) is 4.74. The highest BCUT2D eigenvalue weighted by molar-refractivity contribution is 6.00. The van der Waals surface area contributed by atoms with Gasteiger partial charge in [-0.3, -0.25) is 9.69 Å². The first-order valence-corrected chi connectivity index (χ1v) is 10.7. The predicted molar refractivity (Wildman–Crippen MR) is 106 cm³/mol. The average Bonchev–Trinajstić information content (AvgIpc) is 3.51. The minimum atomic E-state index is -1.14. The molecule has 2 aliphatic heterocycles. The van der Waals surface area contributed by atoms with Crippen molar-refractivity contribution in [2.24, 2.45) is 28.5 Å². The Morgan fingerprint density at radius 1 is 1.34 bits per heavy atom. The molecule has 3 atom stereocenters. The third kappa shape index (κ3) is 3.19. The molecule has 4 aliphatic rings. The fraction of sp³-hybridized carbons (Fsp3) is 0.636. The first-order chi connectivity index (χ1) is 14.0. The molecule has 0 radical (unpaired) electrons. The molecule has 1 aromatic rings. The molecule has 0 unspecified atom stereocenters. The van der Waals surface area contributed by atoms with Crippen molar-refractivity contribution in [3.8, 4) is 5.75 Å². The molecule has 2 heterocycles. The molecule has 6 nitrogen and oxygen atoms in total. The zero-order valence-electron chi connectivity index (χ0n) is 16.8. The average molecular weight is 401 g/mol. The summed E-state index contributed by atoms with van der Waals surface area (Å²) < 4.78 is 27.1. The maximum atomic E-state index is 15.1. The normalized spacial score (nSPS) is 32.4. The highest BCUT2D eigenvalue weighted by atomic mass is 19.1. The highest BCUT2D eigenvalue weighted by Crippen LogP contribution is 2.49. The van der Waals surface area contributed by atoms with E-state index in [4.69, 9.17) is 15.2 Å². The Kier molecular flexibility index (Phi) is 4.53. The smallest absolute Gasteiger partial charge is 0.235 e. The second-order valence-corrected chi connectivity index (χ2v) is 9.02. The Labute approximate surface area is 170 Å². The molecule has 29 heavy (non-hydrogen) atoms. The number of nitrogens with two attached hydrogens (primary N) is 1. The Morgan fingerprint density at radius 2 is 2.14 bits per heavy atom. The third-order valence-electron chi connectivity index (χ3n) is 7.11. The van der Waals surface area contributed by atoms with Gasteiger partial charge in [0.1, 0.15) is 17.1 Å². The standard InChI is InChI=1S/C22H28FN3O3/c1-26-20(27)17-10-19(14-5-6-14)29-12-22(17,25-21(26)24)16-9-15(7-8-18(16)23)28-11-13-3-2-4-13/h7-9,13-14,17,19H,2-6,10-12H2,1H3,(H2,24,25)/t17-,19+,22+/m0/s1. The molecule has 2 aliphatic carbocycles. The van der Waals surface area contributed by atoms with Crippen LogP contribution in [-0.2, 0) is 15.1 Å². The molecule has 0 bridgehead atoms. The van der Waals surface area contributed by atoms with E-state index in [1.165, 1.54) is 30.2 Å². The number of halogens is 1. The zero-order chi connectivity index (χ0) is 20.2. The van der Waals surface area contributed by atoms with Gasteiger partial charge in [-0.15, -0.1) is 0 Å². The number of carbonyl (C=O) groups excluding carboxylic acids is 1. The predicted octanol–water partition coefficient (Wildman–Crippen LogP) is 2.80. The van der Waals surface area contributed by atoms with E-state index in [9.17, 15) is 4.79 Å². The van der Waals surface area contributed by atoms with Gasteiger partial charge in [-0.2, -0.15) is 0 Å². The monoisotopic (exact) mass is 401 g/mol. The van der Waals surface area contributed by atoms with Crippen molar-refractivity contribution < 1.29 is 18.7 Å². The lowest BCUT2D eigenvalue weighted by molar-refractivity contribution is -0.146. The van der Waals surface area contributed by atoms with Gasteiger partial charge in [-0.1, -0.05) is 6.42 Å². The third-order valence-corrected chi connectivity index (χ3v) is 7.11. The van der Waals surface area contributed by atoms with Gasteiger partial charge in [0.05, 0.1) is 25.2 Å². The molecule has 3 fully saturated rings. The van der Waals surface area contributed by atoms with Crippen molar-refractivity contribution in [1.82, 2.24) is 4.90 Å². The van der Waals surface area contributed by atoms with Gasteiger partial charge in [-0.05, 0) is 62.1 Å². The van der Waals surface area contributed by atoms with Crippen LogP contribution in [0.3, 0.4) is 0 Å². The molecule has 1 amide bonds. The molecule has 0 aromatic heterocycles. The number of guanidine groups is 1. The van der Waals surface area contributed by atoms with Crippen LogP contribution < -0.4 is 10.5 Å². The first kappa shape index (κ1) is 18.9. The fourth-order valence-electron chi connectivity index (χ4n) is 4.79. The van der Waals surface area contributed by atoms with Crippen LogP contribution in [0.25, 0.3) is 0 Å². The van der Waals surface area contributed by atoms with Crippen molar-refractivity contribution in [3.63, 3.8) is 0 Å². The topological polar surface area (TPSA) is 77.2 Å². The number of amides is 1. The van der Waals surface area contributed by atoms with Crippen molar-refractivity contribution in [2.75, 3.05) is 20.3 Å². The van der Waals surface area contributed by atoms with Crippen molar-refractivity contribution in [1.29, 1.82) is 0 Å². The van der Waals surface area contributed by atoms with E-state index in [0.717, 1.165) is 12.8 Å². The lowest BCUT2D eigenvalue weighted by atomic mass is 9.72. The zero-order valence-corrected chi connectivity index (χ0v) is 16.8.